The van der Waals surface area contributed by atoms with Gasteiger partial charge < -0.3 is 14.7 Å². The number of nitrogens with zero attached hydrogens (tertiary/aromatic N) is 7. The number of hydrogen-bond acceptors (Lipinski definition) is 7. The highest BCUT2D eigenvalue weighted by Gasteiger charge is 2.25. The number of morpholine rings is 1. The Morgan fingerprint density at radius 3 is 2.93 bits per heavy atom. The molecule has 0 saturated carbocycles. The van der Waals surface area contributed by atoms with E-state index in [9.17, 15) is 5.11 Å². The van der Waals surface area contributed by atoms with E-state index in [4.69, 9.17) is 14.8 Å². The molecule has 1 fully saturated rings. The van der Waals surface area contributed by atoms with Gasteiger partial charge in [-0.15, -0.1) is 0 Å². The van der Waals surface area contributed by atoms with E-state index in [1.54, 1.807) is 10.9 Å². The van der Waals surface area contributed by atoms with Crippen LogP contribution in [0.4, 0.5) is 5.82 Å². The summed E-state index contributed by atoms with van der Waals surface area (Å²) in [5, 5.41) is 25.8. The maximum atomic E-state index is 9.25. The van der Waals surface area contributed by atoms with E-state index >= 15 is 0 Å². The van der Waals surface area contributed by atoms with Crippen LogP contribution in [-0.2, 0) is 18.3 Å². The number of nitrogens with one attached hydrogen (secondary N) is 1. The summed E-state index contributed by atoms with van der Waals surface area (Å²) in [5.41, 5.74) is 4.92. The number of ether oxygens (including phenoxy) is 1. The summed E-state index contributed by atoms with van der Waals surface area (Å²) < 4.78 is 9.19. The summed E-state index contributed by atoms with van der Waals surface area (Å²) in [6.45, 7) is 4.74. The van der Waals surface area contributed by atoms with Crippen LogP contribution >= 0.6 is 0 Å². The van der Waals surface area contributed by atoms with E-state index < -0.39 is 0 Å². The van der Waals surface area contributed by atoms with E-state index in [0.29, 0.717) is 19.8 Å². The van der Waals surface area contributed by atoms with Crippen molar-refractivity contribution in [1.29, 1.82) is 0 Å². The third kappa shape index (κ3) is 3.14. The molecule has 10 nitrogen and oxygen atoms in total. The average Bonchev–Trinajstić information content (AvgIpc) is 3.49. The predicted octanol–water partition coefficient (Wildman–Crippen LogP) is 1.44. The molecule has 5 rings (SSSR count). The first-order valence-electron chi connectivity index (χ1n) is 10.0. The molecule has 0 spiro atoms. The molecule has 5 heterocycles. The molecule has 0 aliphatic carbocycles. The lowest BCUT2D eigenvalue weighted by Crippen LogP contribution is -2.44. The fourth-order valence-electron chi connectivity index (χ4n) is 3.97. The van der Waals surface area contributed by atoms with Crippen LogP contribution in [0.3, 0.4) is 0 Å². The first kappa shape index (κ1) is 18.8. The minimum Gasteiger partial charge on any atom is -0.394 e. The van der Waals surface area contributed by atoms with E-state index in [-0.39, 0.29) is 12.6 Å². The lowest BCUT2D eigenvalue weighted by atomic mass is 10.1. The Morgan fingerprint density at radius 1 is 1.27 bits per heavy atom. The van der Waals surface area contributed by atoms with E-state index in [0.717, 1.165) is 46.0 Å². The Labute approximate surface area is 173 Å². The molecule has 0 aromatic carbocycles. The first-order chi connectivity index (χ1) is 14.7. The number of rotatable bonds is 5. The fraction of sp³-hybridized carbons (Fsp3) is 0.400. The second-order valence-electron chi connectivity index (χ2n) is 7.46. The number of aryl methyl sites for hydroxylation is 1. The quantitative estimate of drug-likeness (QED) is 0.514. The number of pyridine rings is 1. The molecule has 0 bridgehead atoms. The van der Waals surface area contributed by atoms with E-state index in [2.05, 4.69) is 33.2 Å². The highest BCUT2D eigenvalue weighted by Crippen LogP contribution is 2.35. The molecule has 4 aromatic rings. The van der Waals surface area contributed by atoms with E-state index in [1.165, 1.54) is 0 Å². The standard InChI is InChI=1S/C20H24N8O2/c1-13-12-30-10-8-28(13)17-11-14(15-4-6-27(24-15)7-9-29)20-19(22-17)18(25-26(20)2)16-3-5-21-23-16/h3-6,11,13,29H,7-10,12H2,1-2H3,(H,21,23)/t13-/m1/s1. The zero-order chi connectivity index (χ0) is 20.7. The van der Waals surface area contributed by atoms with Crippen LogP contribution in [0.25, 0.3) is 33.7 Å². The van der Waals surface area contributed by atoms with Crippen molar-refractivity contribution in [2.75, 3.05) is 31.3 Å². The minimum absolute atomic E-state index is 0.0401. The van der Waals surface area contributed by atoms with Crippen molar-refractivity contribution in [3.05, 3.63) is 30.6 Å². The van der Waals surface area contributed by atoms with E-state index in [1.807, 2.05) is 30.1 Å². The monoisotopic (exact) mass is 408 g/mol. The van der Waals surface area contributed by atoms with Crippen LogP contribution in [0.1, 0.15) is 6.92 Å². The molecule has 0 amide bonds. The summed E-state index contributed by atoms with van der Waals surface area (Å²) in [5.74, 6) is 0.870. The molecular formula is C20H24N8O2. The lowest BCUT2D eigenvalue weighted by molar-refractivity contribution is 0.0986. The third-order valence-electron chi connectivity index (χ3n) is 5.43. The molecule has 0 radical (unpaired) electrons. The maximum Gasteiger partial charge on any atom is 0.139 e. The highest BCUT2D eigenvalue weighted by molar-refractivity contribution is 5.99. The van der Waals surface area contributed by atoms with Crippen LogP contribution < -0.4 is 4.90 Å². The van der Waals surface area contributed by atoms with Gasteiger partial charge in [0.25, 0.3) is 0 Å². The summed E-state index contributed by atoms with van der Waals surface area (Å²) in [6, 6.07) is 6.14. The molecule has 156 valence electrons. The molecule has 30 heavy (non-hydrogen) atoms. The van der Waals surface area contributed by atoms with Crippen molar-refractivity contribution in [3.8, 4) is 22.6 Å². The van der Waals surface area contributed by atoms with Crippen molar-refractivity contribution in [2.24, 2.45) is 7.05 Å². The van der Waals surface area contributed by atoms with Gasteiger partial charge in [-0.1, -0.05) is 0 Å². The number of aliphatic hydroxyl groups excluding tert-OH is 1. The Kier molecular flexibility index (Phi) is 4.72. The first-order valence-corrected chi connectivity index (χ1v) is 10.0. The smallest absolute Gasteiger partial charge is 0.139 e. The minimum atomic E-state index is 0.0401. The Morgan fingerprint density at radius 2 is 2.17 bits per heavy atom. The molecule has 1 atom stereocenters. The number of aromatic nitrogens is 7. The number of fused-ring (bicyclic) bond motifs is 1. The SMILES string of the molecule is C[C@@H]1COCCN1c1cc(-c2ccn(CCO)n2)c2c(n1)c(-c1cc[nH]n1)nn2C. The number of aliphatic hydroxyl groups is 1. The van der Waals surface area contributed by atoms with Crippen LogP contribution in [0.5, 0.6) is 0 Å². The van der Waals surface area contributed by atoms with Crippen LogP contribution in [-0.4, -0.2) is 72.3 Å². The molecule has 4 aromatic heterocycles. The zero-order valence-electron chi connectivity index (χ0n) is 17.0. The zero-order valence-corrected chi connectivity index (χ0v) is 17.0. The Balaban J connectivity index is 1.74. The number of hydrogen-bond donors (Lipinski definition) is 2. The van der Waals surface area contributed by atoms with Gasteiger partial charge in [-0.3, -0.25) is 14.5 Å². The number of aromatic amines is 1. The summed E-state index contributed by atoms with van der Waals surface area (Å²) in [6.07, 6.45) is 3.65. The Bertz CT molecular complexity index is 1160. The van der Waals surface area contributed by atoms with Crippen molar-refractivity contribution in [1.82, 2.24) is 34.7 Å². The van der Waals surface area contributed by atoms with Gasteiger partial charge in [0.2, 0.25) is 0 Å². The average molecular weight is 408 g/mol. The number of anilines is 1. The summed E-state index contributed by atoms with van der Waals surface area (Å²) >= 11 is 0. The summed E-state index contributed by atoms with van der Waals surface area (Å²) in [4.78, 5) is 7.28. The van der Waals surface area contributed by atoms with Gasteiger partial charge in [0.15, 0.2) is 0 Å². The van der Waals surface area contributed by atoms with Crippen molar-refractivity contribution in [3.63, 3.8) is 0 Å². The van der Waals surface area contributed by atoms with Gasteiger partial charge in [0.05, 0.1) is 43.6 Å². The molecular weight excluding hydrogens is 384 g/mol. The second kappa shape index (κ2) is 7.54. The third-order valence-corrected chi connectivity index (χ3v) is 5.43. The second-order valence-corrected chi connectivity index (χ2v) is 7.46. The van der Waals surface area contributed by atoms with Crippen molar-refractivity contribution >= 4 is 16.9 Å². The van der Waals surface area contributed by atoms with Crippen molar-refractivity contribution in [2.45, 2.75) is 19.5 Å². The van der Waals surface area contributed by atoms with Gasteiger partial charge in [-0.25, -0.2) is 4.98 Å². The molecule has 1 saturated heterocycles. The number of H-pyrrole nitrogens is 1. The molecule has 0 unspecified atom stereocenters. The normalized spacial score (nSPS) is 17.2. The van der Waals surface area contributed by atoms with Gasteiger partial charge >= 0.3 is 0 Å². The molecule has 1 aliphatic heterocycles. The Hall–Kier alpha value is -3.24. The molecule has 1 aliphatic rings. The van der Waals surface area contributed by atoms with Crippen LogP contribution in [0.15, 0.2) is 30.6 Å². The lowest BCUT2D eigenvalue weighted by Gasteiger charge is -2.34. The maximum absolute atomic E-state index is 9.25. The molecule has 2 N–H and O–H groups in total. The molecule has 10 heteroatoms. The predicted molar refractivity (Wildman–Crippen MR) is 112 cm³/mol. The van der Waals surface area contributed by atoms with Gasteiger partial charge in [0.1, 0.15) is 22.7 Å². The fourth-order valence-corrected chi connectivity index (χ4v) is 3.97. The topological polar surface area (TPSA) is 110 Å². The largest absolute Gasteiger partial charge is 0.394 e. The highest BCUT2D eigenvalue weighted by atomic mass is 16.5. The van der Waals surface area contributed by atoms with Crippen LogP contribution in [0.2, 0.25) is 0 Å². The van der Waals surface area contributed by atoms with Gasteiger partial charge in [-0.2, -0.15) is 15.3 Å². The summed E-state index contributed by atoms with van der Waals surface area (Å²) in [7, 11) is 1.91. The van der Waals surface area contributed by atoms with Crippen molar-refractivity contribution < 1.29 is 9.84 Å². The van der Waals surface area contributed by atoms with Crippen LogP contribution in [0, 0.1) is 0 Å². The van der Waals surface area contributed by atoms with Gasteiger partial charge in [-0.05, 0) is 25.1 Å². The van der Waals surface area contributed by atoms with Gasteiger partial charge in [0, 0.05) is 31.5 Å².